The van der Waals surface area contributed by atoms with E-state index in [0.29, 0.717) is 12.5 Å². The number of fused-ring (bicyclic) bond motifs is 1. The average molecular weight is 140 g/mol. The molecule has 0 radical (unpaired) electrons. The molecule has 3 atom stereocenters. The van der Waals surface area contributed by atoms with E-state index in [1.165, 1.54) is 32.1 Å². The van der Waals surface area contributed by atoms with E-state index in [1.54, 1.807) is 0 Å². The molecule has 0 aromatic rings. The van der Waals surface area contributed by atoms with Crippen molar-refractivity contribution in [3.05, 3.63) is 0 Å². The second-order valence-electron chi connectivity index (χ2n) is 3.89. The Kier molecular flexibility index (Phi) is 1.69. The van der Waals surface area contributed by atoms with Gasteiger partial charge in [0, 0.05) is 6.61 Å². The Morgan fingerprint density at radius 1 is 1.20 bits per heavy atom. The highest BCUT2D eigenvalue weighted by molar-refractivity contribution is 4.90. The molecule has 0 saturated heterocycles. The molecule has 2 aliphatic rings. The van der Waals surface area contributed by atoms with Gasteiger partial charge in [0.2, 0.25) is 0 Å². The summed E-state index contributed by atoms with van der Waals surface area (Å²) < 4.78 is 0. The van der Waals surface area contributed by atoms with Gasteiger partial charge in [-0.05, 0) is 30.6 Å². The van der Waals surface area contributed by atoms with Gasteiger partial charge >= 0.3 is 0 Å². The lowest BCUT2D eigenvalue weighted by Crippen LogP contribution is -2.40. The molecule has 0 aromatic carbocycles. The summed E-state index contributed by atoms with van der Waals surface area (Å²) in [5.74, 6) is 2.61. The molecule has 10 heavy (non-hydrogen) atoms. The fraction of sp³-hybridized carbons (Fsp3) is 1.00. The highest BCUT2D eigenvalue weighted by Gasteiger charge is 2.40. The normalized spacial score (nSPS) is 45.9. The maximum Gasteiger partial charge on any atom is 0.0462 e. The summed E-state index contributed by atoms with van der Waals surface area (Å²) >= 11 is 0. The van der Waals surface area contributed by atoms with Crippen LogP contribution in [0.2, 0.25) is 0 Å². The van der Waals surface area contributed by atoms with Crippen LogP contribution in [0.4, 0.5) is 0 Å². The van der Waals surface area contributed by atoms with Gasteiger partial charge in [-0.2, -0.15) is 0 Å². The molecule has 0 aliphatic heterocycles. The van der Waals surface area contributed by atoms with Crippen molar-refractivity contribution in [2.45, 2.75) is 32.1 Å². The van der Waals surface area contributed by atoms with Gasteiger partial charge in [0.1, 0.15) is 0 Å². The minimum Gasteiger partial charge on any atom is -0.396 e. The molecular weight excluding hydrogens is 124 g/mol. The summed E-state index contributed by atoms with van der Waals surface area (Å²) in [7, 11) is 0. The van der Waals surface area contributed by atoms with Crippen LogP contribution in [0.1, 0.15) is 32.1 Å². The molecule has 2 rings (SSSR count). The molecule has 0 amide bonds. The van der Waals surface area contributed by atoms with E-state index in [2.05, 4.69) is 0 Å². The van der Waals surface area contributed by atoms with E-state index in [0.717, 1.165) is 11.8 Å². The molecule has 1 N–H and O–H groups in total. The molecule has 58 valence electrons. The monoisotopic (exact) mass is 140 g/mol. The lowest BCUT2D eigenvalue weighted by molar-refractivity contribution is -0.00681. The summed E-state index contributed by atoms with van der Waals surface area (Å²) in [6, 6.07) is 0. The molecular formula is C9H16O. The highest BCUT2D eigenvalue weighted by Crippen LogP contribution is 2.48. The van der Waals surface area contributed by atoms with Gasteiger partial charge < -0.3 is 5.11 Å². The summed E-state index contributed by atoms with van der Waals surface area (Å²) in [6.07, 6.45) is 7.02. The van der Waals surface area contributed by atoms with Crippen molar-refractivity contribution in [2.75, 3.05) is 6.61 Å². The van der Waals surface area contributed by atoms with Gasteiger partial charge in [0.25, 0.3) is 0 Å². The predicted octanol–water partition coefficient (Wildman–Crippen LogP) is 1.80. The Morgan fingerprint density at radius 3 is 2.70 bits per heavy atom. The number of aliphatic hydroxyl groups excluding tert-OH is 1. The Hall–Kier alpha value is -0.0400. The minimum atomic E-state index is 0.446. The van der Waals surface area contributed by atoms with Gasteiger partial charge in [0.05, 0.1) is 0 Å². The van der Waals surface area contributed by atoms with Crippen molar-refractivity contribution in [1.82, 2.24) is 0 Å². The molecule has 0 bridgehead atoms. The molecule has 1 nitrogen and oxygen atoms in total. The van der Waals surface area contributed by atoms with Crippen LogP contribution in [0.5, 0.6) is 0 Å². The Bertz CT molecular complexity index is 118. The smallest absolute Gasteiger partial charge is 0.0462 e. The molecule has 2 fully saturated rings. The fourth-order valence-corrected chi connectivity index (χ4v) is 2.73. The van der Waals surface area contributed by atoms with Gasteiger partial charge in [0.15, 0.2) is 0 Å². The fourth-order valence-electron chi connectivity index (χ4n) is 2.73. The quantitative estimate of drug-likeness (QED) is 0.589. The summed E-state index contributed by atoms with van der Waals surface area (Å²) in [6.45, 7) is 0.446. The van der Waals surface area contributed by atoms with Crippen LogP contribution in [0.25, 0.3) is 0 Å². The number of hydrogen-bond donors (Lipinski definition) is 1. The largest absolute Gasteiger partial charge is 0.396 e. The van der Waals surface area contributed by atoms with Crippen LogP contribution in [-0.4, -0.2) is 11.7 Å². The SMILES string of the molecule is OC[C@H]1C[C@H]2CCCC[C@H]21. The zero-order chi connectivity index (χ0) is 6.97. The van der Waals surface area contributed by atoms with Crippen LogP contribution < -0.4 is 0 Å². The van der Waals surface area contributed by atoms with Crippen LogP contribution in [-0.2, 0) is 0 Å². The number of rotatable bonds is 1. The van der Waals surface area contributed by atoms with E-state index in [-0.39, 0.29) is 0 Å². The third-order valence-corrected chi connectivity index (χ3v) is 3.41. The molecule has 2 aliphatic carbocycles. The third kappa shape index (κ3) is 0.878. The second-order valence-corrected chi connectivity index (χ2v) is 3.89. The lowest BCUT2D eigenvalue weighted by Gasteiger charge is -2.47. The van der Waals surface area contributed by atoms with Gasteiger partial charge in [-0.3, -0.25) is 0 Å². The molecule has 0 heterocycles. The standard InChI is InChI=1S/C9H16O/c10-6-8-5-7-3-1-2-4-9(7)8/h7-10H,1-6H2/t7-,8-,9-/m1/s1. The average Bonchev–Trinajstić information content (AvgIpc) is 1.92. The van der Waals surface area contributed by atoms with Gasteiger partial charge in [-0.1, -0.05) is 19.3 Å². The first kappa shape index (κ1) is 6.66. The first-order chi connectivity index (χ1) is 4.92. The molecule has 2 saturated carbocycles. The van der Waals surface area contributed by atoms with E-state index in [9.17, 15) is 0 Å². The molecule has 0 unspecified atom stereocenters. The van der Waals surface area contributed by atoms with Crippen molar-refractivity contribution in [3.63, 3.8) is 0 Å². The van der Waals surface area contributed by atoms with Crippen LogP contribution in [0.15, 0.2) is 0 Å². The van der Waals surface area contributed by atoms with Crippen LogP contribution in [0, 0.1) is 17.8 Å². The number of aliphatic hydroxyl groups is 1. The number of hydrogen-bond acceptors (Lipinski definition) is 1. The third-order valence-electron chi connectivity index (χ3n) is 3.41. The topological polar surface area (TPSA) is 20.2 Å². The van der Waals surface area contributed by atoms with E-state index < -0.39 is 0 Å². The predicted molar refractivity (Wildman–Crippen MR) is 40.6 cm³/mol. The lowest BCUT2D eigenvalue weighted by atomic mass is 9.59. The molecule has 0 spiro atoms. The zero-order valence-corrected chi connectivity index (χ0v) is 6.42. The second kappa shape index (κ2) is 2.54. The van der Waals surface area contributed by atoms with Crippen molar-refractivity contribution in [2.24, 2.45) is 17.8 Å². The maximum absolute atomic E-state index is 8.92. The summed E-state index contributed by atoms with van der Waals surface area (Å²) in [5, 5.41) is 8.92. The maximum atomic E-state index is 8.92. The van der Waals surface area contributed by atoms with Crippen molar-refractivity contribution >= 4 is 0 Å². The first-order valence-electron chi connectivity index (χ1n) is 4.52. The van der Waals surface area contributed by atoms with Crippen LogP contribution >= 0.6 is 0 Å². The summed E-state index contributed by atoms with van der Waals surface area (Å²) in [5.41, 5.74) is 0. The zero-order valence-electron chi connectivity index (χ0n) is 6.42. The first-order valence-corrected chi connectivity index (χ1v) is 4.52. The van der Waals surface area contributed by atoms with Crippen molar-refractivity contribution in [1.29, 1.82) is 0 Å². The van der Waals surface area contributed by atoms with E-state index in [1.807, 2.05) is 0 Å². The van der Waals surface area contributed by atoms with Crippen molar-refractivity contribution < 1.29 is 5.11 Å². The van der Waals surface area contributed by atoms with Crippen molar-refractivity contribution in [3.8, 4) is 0 Å². The molecule has 0 aromatic heterocycles. The van der Waals surface area contributed by atoms with E-state index >= 15 is 0 Å². The van der Waals surface area contributed by atoms with Gasteiger partial charge in [-0.25, -0.2) is 0 Å². The minimum absolute atomic E-state index is 0.446. The summed E-state index contributed by atoms with van der Waals surface area (Å²) in [4.78, 5) is 0. The van der Waals surface area contributed by atoms with Crippen LogP contribution in [0.3, 0.4) is 0 Å². The van der Waals surface area contributed by atoms with Gasteiger partial charge in [-0.15, -0.1) is 0 Å². The Balaban J connectivity index is 1.89. The highest BCUT2D eigenvalue weighted by atomic mass is 16.3. The Morgan fingerprint density at radius 2 is 2.00 bits per heavy atom. The molecule has 1 heteroatoms. The Labute approximate surface area is 62.4 Å². The van der Waals surface area contributed by atoms with E-state index in [4.69, 9.17) is 5.11 Å².